The molecule has 0 atom stereocenters. The summed E-state index contributed by atoms with van der Waals surface area (Å²) >= 11 is 0. The van der Waals surface area contributed by atoms with Crippen LogP contribution in [0, 0.1) is 0 Å². The van der Waals surface area contributed by atoms with Crippen LogP contribution in [0.25, 0.3) is 0 Å². The second-order valence-corrected chi connectivity index (χ2v) is 5.10. The lowest BCUT2D eigenvalue weighted by Gasteiger charge is -2.20. The molecule has 5 heteroatoms. The third-order valence-electron chi connectivity index (χ3n) is 2.35. The van der Waals surface area contributed by atoms with Crippen molar-refractivity contribution in [3.63, 3.8) is 0 Å². The van der Waals surface area contributed by atoms with E-state index in [0.717, 1.165) is 13.1 Å². The average Bonchev–Trinajstić information content (AvgIpc) is 2.23. The van der Waals surface area contributed by atoms with Gasteiger partial charge in [-0.3, -0.25) is 4.79 Å². The van der Waals surface area contributed by atoms with Crippen LogP contribution in [0.5, 0.6) is 0 Å². The first kappa shape index (κ1) is 16.7. The molecule has 0 saturated heterocycles. The standard InChI is InChI=1S/C13H26N2O3/c1-6-15(7-2)11(16)9-8-10-14-12(17)18-13(3,4)5/h6-10H2,1-5H3,(H,14,17). The summed E-state index contributed by atoms with van der Waals surface area (Å²) in [5, 5.41) is 2.64. The highest BCUT2D eigenvalue weighted by atomic mass is 16.6. The molecule has 0 aliphatic heterocycles. The van der Waals surface area contributed by atoms with Gasteiger partial charge in [0.25, 0.3) is 0 Å². The minimum Gasteiger partial charge on any atom is -0.444 e. The summed E-state index contributed by atoms with van der Waals surface area (Å²) < 4.78 is 5.09. The van der Waals surface area contributed by atoms with Gasteiger partial charge in [-0.1, -0.05) is 0 Å². The van der Waals surface area contributed by atoms with E-state index in [1.54, 1.807) is 4.90 Å². The topological polar surface area (TPSA) is 58.6 Å². The van der Waals surface area contributed by atoms with Gasteiger partial charge in [-0.2, -0.15) is 0 Å². The van der Waals surface area contributed by atoms with Gasteiger partial charge < -0.3 is 15.0 Å². The Morgan fingerprint density at radius 3 is 2.17 bits per heavy atom. The highest BCUT2D eigenvalue weighted by Gasteiger charge is 2.15. The van der Waals surface area contributed by atoms with Gasteiger partial charge in [0.1, 0.15) is 5.60 Å². The second kappa shape index (κ2) is 7.95. The smallest absolute Gasteiger partial charge is 0.407 e. The molecular formula is C13H26N2O3. The van der Waals surface area contributed by atoms with E-state index in [1.165, 1.54) is 0 Å². The van der Waals surface area contributed by atoms with Crippen LogP contribution in [0.4, 0.5) is 4.79 Å². The van der Waals surface area contributed by atoms with Gasteiger partial charge in [0.15, 0.2) is 0 Å². The monoisotopic (exact) mass is 258 g/mol. The summed E-state index contributed by atoms with van der Waals surface area (Å²) in [4.78, 5) is 24.8. The van der Waals surface area contributed by atoms with Gasteiger partial charge in [0.05, 0.1) is 0 Å². The van der Waals surface area contributed by atoms with Crippen molar-refractivity contribution in [2.45, 2.75) is 53.1 Å². The number of nitrogens with zero attached hydrogens (tertiary/aromatic N) is 1. The molecule has 2 amide bonds. The molecule has 0 aliphatic rings. The predicted octanol–water partition coefficient (Wildman–Crippen LogP) is 2.16. The zero-order valence-electron chi connectivity index (χ0n) is 12.2. The van der Waals surface area contributed by atoms with E-state index in [4.69, 9.17) is 4.74 Å². The van der Waals surface area contributed by atoms with Crippen LogP contribution >= 0.6 is 0 Å². The number of carbonyl (C=O) groups is 2. The molecule has 106 valence electrons. The lowest BCUT2D eigenvalue weighted by molar-refractivity contribution is -0.130. The first-order valence-electron chi connectivity index (χ1n) is 6.54. The molecule has 5 nitrogen and oxygen atoms in total. The average molecular weight is 258 g/mol. The Morgan fingerprint density at radius 2 is 1.72 bits per heavy atom. The normalized spacial score (nSPS) is 10.9. The molecule has 0 saturated carbocycles. The Hall–Kier alpha value is -1.26. The van der Waals surface area contributed by atoms with E-state index in [0.29, 0.717) is 19.4 Å². The number of alkyl carbamates (subject to hydrolysis) is 1. The van der Waals surface area contributed by atoms with Gasteiger partial charge in [0, 0.05) is 26.1 Å². The van der Waals surface area contributed by atoms with Crippen LogP contribution in [0.2, 0.25) is 0 Å². The third kappa shape index (κ3) is 7.92. The van der Waals surface area contributed by atoms with Crippen molar-refractivity contribution in [1.82, 2.24) is 10.2 Å². The zero-order valence-corrected chi connectivity index (χ0v) is 12.2. The fourth-order valence-corrected chi connectivity index (χ4v) is 1.48. The highest BCUT2D eigenvalue weighted by Crippen LogP contribution is 2.06. The molecule has 0 rings (SSSR count). The van der Waals surface area contributed by atoms with E-state index in [2.05, 4.69) is 5.32 Å². The molecule has 0 radical (unpaired) electrons. The number of amides is 2. The SMILES string of the molecule is CCN(CC)C(=O)CCCNC(=O)OC(C)(C)C. The van der Waals surface area contributed by atoms with Crippen molar-refractivity contribution in [2.24, 2.45) is 0 Å². The summed E-state index contributed by atoms with van der Waals surface area (Å²) in [6.07, 6.45) is 0.657. The molecule has 0 spiro atoms. The Kier molecular flexibility index (Phi) is 7.39. The van der Waals surface area contributed by atoms with Crippen molar-refractivity contribution in [3.8, 4) is 0 Å². The maximum Gasteiger partial charge on any atom is 0.407 e. The summed E-state index contributed by atoms with van der Waals surface area (Å²) in [7, 11) is 0. The largest absolute Gasteiger partial charge is 0.444 e. The van der Waals surface area contributed by atoms with Crippen molar-refractivity contribution >= 4 is 12.0 Å². The highest BCUT2D eigenvalue weighted by molar-refractivity contribution is 5.76. The van der Waals surface area contributed by atoms with Crippen LogP contribution in [0.1, 0.15) is 47.5 Å². The van der Waals surface area contributed by atoms with Gasteiger partial charge in [-0.05, 0) is 41.0 Å². The molecular weight excluding hydrogens is 232 g/mol. The molecule has 0 heterocycles. The fraction of sp³-hybridized carbons (Fsp3) is 0.846. The number of hydrogen-bond acceptors (Lipinski definition) is 3. The maximum atomic E-state index is 11.7. The van der Waals surface area contributed by atoms with Crippen LogP contribution in [0.3, 0.4) is 0 Å². The number of hydrogen-bond donors (Lipinski definition) is 1. The molecule has 18 heavy (non-hydrogen) atoms. The summed E-state index contributed by atoms with van der Waals surface area (Å²) in [5.41, 5.74) is -0.485. The van der Waals surface area contributed by atoms with Crippen molar-refractivity contribution in [3.05, 3.63) is 0 Å². The zero-order chi connectivity index (χ0) is 14.2. The molecule has 1 N–H and O–H groups in total. The van der Waals surface area contributed by atoms with Crippen LogP contribution in [-0.2, 0) is 9.53 Å². The number of nitrogens with one attached hydrogen (secondary N) is 1. The lowest BCUT2D eigenvalue weighted by atomic mass is 10.2. The van der Waals surface area contributed by atoms with Gasteiger partial charge >= 0.3 is 6.09 Å². The summed E-state index contributed by atoms with van der Waals surface area (Å²) in [5.74, 6) is 0.131. The minimum atomic E-state index is -0.485. The molecule has 0 aliphatic carbocycles. The van der Waals surface area contributed by atoms with Crippen LogP contribution < -0.4 is 5.32 Å². The quantitative estimate of drug-likeness (QED) is 0.743. The van der Waals surface area contributed by atoms with Gasteiger partial charge in [-0.15, -0.1) is 0 Å². The van der Waals surface area contributed by atoms with Gasteiger partial charge in [0.2, 0.25) is 5.91 Å². The van der Waals surface area contributed by atoms with Crippen LogP contribution in [-0.4, -0.2) is 42.1 Å². The van der Waals surface area contributed by atoms with E-state index < -0.39 is 11.7 Å². The van der Waals surface area contributed by atoms with Gasteiger partial charge in [-0.25, -0.2) is 4.79 Å². The maximum absolute atomic E-state index is 11.7. The Labute approximate surface area is 110 Å². The van der Waals surface area contributed by atoms with Crippen LogP contribution in [0.15, 0.2) is 0 Å². The van der Waals surface area contributed by atoms with Crippen molar-refractivity contribution < 1.29 is 14.3 Å². The number of rotatable bonds is 6. The molecule has 0 bridgehead atoms. The van der Waals surface area contributed by atoms with Crippen molar-refractivity contribution in [1.29, 1.82) is 0 Å². The Bertz CT molecular complexity index is 268. The minimum absolute atomic E-state index is 0.131. The number of ether oxygens (including phenoxy) is 1. The Morgan fingerprint density at radius 1 is 1.17 bits per heavy atom. The first-order valence-corrected chi connectivity index (χ1v) is 6.54. The van der Waals surface area contributed by atoms with E-state index >= 15 is 0 Å². The van der Waals surface area contributed by atoms with E-state index in [9.17, 15) is 9.59 Å². The Balaban J connectivity index is 3.74. The van der Waals surface area contributed by atoms with E-state index in [1.807, 2.05) is 34.6 Å². The molecule has 0 aromatic rings. The predicted molar refractivity (Wildman–Crippen MR) is 71.4 cm³/mol. The van der Waals surface area contributed by atoms with E-state index in [-0.39, 0.29) is 5.91 Å². The molecule has 0 fully saturated rings. The van der Waals surface area contributed by atoms with Crippen molar-refractivity contribution in [2.75, 3.05) is 19.6 Å². The fourth-order valence-electron chi connectivity index (χ4n) is 1.48. The summed E-state index contributed by atoms with van der Waals surface area (Å²) in [6, 6.07) is 0. The molecule has 0 unspecified atom stereocenters. The summed E-state index contributed by atoms with van der Waals surface area (Å²) in [6.45, 7) is 11.3. The number of carbonyl (C=O) groups excluding carboxylic acids is 2. The lowest BCUT2D eigenvalue weighted by Crippen LogP contribution is -2.34. The third-order valence-corrected chi connectivity index (χ3v) is 2.35. The molecule has 0 aromatic carbocycles. The first-order chi connectivity index (χ1) is 8.30. The second-order valence-electron chi connectivity index (χ2n) is 5.10. The molecule has 0 aromatic heterocycles.